The fourth-order valence-corrected chi connectivity index (χ4v) is 2.65. The quantitative estimate of drug-likeness (QED) is 0.751. The predicted molar refractivity (Wildman–Crippen MR) is 97.0 cm³/mol. The molecule has 0 fully saturated rings. The first-order valence-electron chi connectivity index (χ1n) is 7.94. The van der Waals surface area contributed by atoms with Crippen molar-refractivity contribution in [1.82, 2.24) is 0 Å². The zero-order valence-corrected chi connectivity index (χ0v) is 14.1. The van der Waals surface area contributed by atoms with Gasteiger partial charge in [-0.1, -0.05) is 18.2 Å². The van der Waals surface area contributed by atoms with Crippen LogP contribution in [0.2, 0.25) is 0 Å². The highest BCUT2D eigenvalue weighted by molar-refractivity contribution is 5.68. The Balaban J connectivity index is 2.15. The third-order valence-corrected chi connectivity index (χ3v) is 3.77. The van der Waals surface area contributed by atoms with Crippen LogP contribution >= 0.6 is 0 Å². The number of hydrogen-bond acceptors (Lipinski definition) is 3. The van der Waals surface area contributed by atoms with E-state index in [0.29, 0.717) is 18.4 Å². The zero-order chi connectivity index (χ0) is 18.2. The van der Waals surface area contributed by atoms with Gasteiger partial charge in [-0.3, -0.25) is 0 Å². The van der Waals surface area contributed by atoms with Crippen LogP contribution in [0, 0.1) is 11.6 Å². The molecule has 4 N–H and O–H groups in total. The molecular weight excluding hydrogens is 322 g/mol. The van der Waals surface area contributed by atoms with E-state index in [1.165, 1.54) is 18.3 Å². The minimum atomic E-state index is -0.598. The lowest BCUT2D eigenvalue weighted by atomic mass is 9.94. The number of nitrogens with two attached hydrogens (primary N) is 2. The molecule has 5 heteroatoms. The van der Waals surface area contributed by atoms with Crippen molar-refractivity contribution in [2.45, 2.75) is 18.9 Å². The van der Waals surface area contributed by atoms with Gasteiger partial charge in [-0.05, 0) is 66.1 Å². The fraction of sp³-hybridized carbons (Fsp3) is 0.200. The summed E-state index contributed by atoms with van der Waals surface area (Å²) in [7, 11) is 1.61. The van der Waals surface area contributed by atoms with Crippen molar-refractivity contribution in [2.24, 2.45) is 11.5 Å². The average Bonchev–Trinajstić information content (AvgIpc) is 2.57. The molecule has 3 nitrogen and oxygen atoms in total. The van der Waals surface area contributed by atoms with E-state index < -0.39 is 11.6 Å². The van der Waals surface area contributed by atoms with Gasteiger partial charge in [0.05, 0.1) is 7.11 Å². The SMILES string of the molecule is COc1ccc(/C(=C/C=C\N)CC(N)Cc2cc(F)cc(F)c2)cc1. The van der Waals surface area contributed by atoms with E-state index in [4.69, 9.17) is 16.2 Å². The number of rotatable bonds is 7. The van der Waals surface area contributed by atoms with Crippen molar-refractivity contribution in [3.63, 3.8) is 0 Å². The molecule has 2 aromatic carbocycles. The monoisotopic (exact) mass is 344 g/mol. The first kappa shape index (κ1) is 18.7. The van der Waals surface area contributed by atoms with Crippen LogP contribution in [-0.2, 0) is 6.42 Å². The number of methoxy groups -OCH3 is 1. The third kappa shape index (κ3) is 5.72. The van der Waals surface area contributed by atoms with Crippen molar-refractivity contribution < 1.29 is 13.5 Å². The Morgan fingerprint density at radius 3 is 2.32 bits per heavy atom. The molecule has 0 saturated heterocycles. The lowest BCUT2D eigenvalue weighted by molar-refractivity contribution is 0.415. The normalized spacial score (nSPS) is 13.2. The van der Waals surface area contributed by atoms with Crippen LogP contribution in [0.4, 0.5) is 8.78 Å². The first-order chi connectivity index (χ1) is 12.0. The molecule has 2 aromatic rings. The molecule has 0 saturated carbocycles. The predicted octanol–water partition coefficient (Wildman–Crippen LogP) is 3.79. The second kappa shape index (κ2) is 8.99. The van der Waals surface area contributed by atoms with Crippen LogP contribution in [-0.4, -0.2) is 13.2 Å². The van der Waals surface area contributed by atoms with Gasteiger partial charge in [-0.2, -0.15) is 0 Å². The summed E-state index contributed by atoms with van der Waals surface area (Å²) in [6.07, 6.45) is 5.96. The van der Waals surface area contributed by atoms with E-state index in [1.54, 1.807) is 13.2 Å². The summed E-state index contributed by atoms with van der Waals surface area (Å²) in [5.41, 5.74) is 14.1. The number of halogens is 2. The van der Waals surface area contributed by atoms with Gasteiger partial charge < -0.3 is 16.2 Å². The summed E-state index contributed by atoms with van der Waals surface area (Å²) in [4.78, 5) is 0. The number of hydrogen-bond donors (Lipinski definition) is 2. The second-order valence-electron chi connectivity index (χ2n) is 5.75. The molecule has 0 amide bonds. The number of allylic oxidation sites excluding steroid dienone is 2. The largest absolute Gasteiger partial charge is 0.497 e. The number of benzene rings is 2. The van der Waals surface area contributed by atoms with Crippen molar-refractivity contribution in [3.05, 3.63) is 83.6 Å². The summed E-state index contributed by atoms with van der Waals surface area (Å²) < 4.78 is 31.8. The maximum Gasteiger partial charge on any atom is 0.126 e. The lowest BCUT2D eigenvalue weighted by Gasteiger charge is -2.15. The highest BCUT2D eigenvalue weighted by atomic mass is 19.1. The molecule has 0 aliphatic carbocycles. The molecule has 0 heterocycles. The van der Waals surface area contributed by atoms with E-state index >= 15 is 0 Å². The first-order valence-corrected chi connectivity index (χ1v) is 7.94. The van der Waals surface area contributed by atoms with Crippen LogP contribution in [0.15, 0.2) is 60.8 Å². The van der Waals surface area contributed by atoms with Crippen LogP contribution in [0.5, 0.6) is 5.75 Å². The maximum atomic E-state index is 13.3. The molecule has 0 radical (unpaired) electrons. The van der Waals surface area contributed by atoms with Crippen molar-refractivity contribution in [2.75, 3.05) is 7.11 Å². The standard InChI is InChI=1S/C20H22F2N2O/c1-25-20-6-4-15(5-7-20)16(3-2-8-23)12-19(24)11-14-9-17(21)13-18(22)10-14/h2-10,13,19H,11-12,23-24H2,1H3/b8-2-,16-3+. The van der Waals surface area contributed by atoms with E-state index in [-0.39, 0.29) is 6.04 Å². The van der Waals surface area contributed by atoms with Gasteiger partial charge in [0.2, 0.25) is 0 Å². The molecule has 0 aliphatic heterocycles. The zero-order valence-electron chi connectivity index (χ0n) is 14.1. The highest BCUT2D eigenvalue weighted by Gasteiger charge is 2.11. The highest BCUT2D eigenvalue weighted by Crippen LogP contribution is 2.23. The van der Waals surface area contributed by atoms with Crippen molar-refractivity contribution in [3.8, 4) is 5.75 Å². The molecule has 1 unspecified atom stereocenters. The summed E-state index contributed by atoms with van der Waals surface area (Å²) in [5.74, 6) is -0.435. The van der Waals surface area contributed by atoms with Crippen LogP contribution in [0.3, 0.4) is 0 Å². The summed E-state index contributed by atoms with van der Waals surface area (Å²) >= 11 is 0. The Hall–Kier alpha value is -2.66. The lowest BCUT2D eigenvalue weighted by Crippen LogP contribution is -2.23. The van der Waals surface area contributed by atoms with E-state index in [9.17, 15) is 8.78 Å². The Labute approximate surface area is 146 Å². The van der Waals surface area contributed by atoms with Gasteiger partial charge in [0.15, 0.2) is 0 Å². The van der Waals surface area contributed by atoms with Crippen molar-refractivity contribution >= 4 is 5.57 Å². The van der Waals surface area contributed by atoms with Crippen molar-refractivity contribution in [1.29, 1.82) is 0 Å². The smallest absolute Gasteiger partial charge is 0.126 e. The minimum Gasteiger partial charge on any atom is -0.497 e. The van der Waals surface area contributed by atoms with Crippen LogP contribution in [0.1, 0.15) is 17.5 Å². The van der Waals surface area contributed by atoms with Gasteiger partial charge in [-0.25, -0.2) is 8.78 Å². The maximum absolute atomic E-state index is 13.3. The molecule has 2 rings (SSSR count). The van der Waals surface area contributed by atoms with Gasteiger partial charge in [0, 0.05) is 12.1 Å². The fourth-order valence-electron chi connectivity index (χ4n) is 2.65. The second-order valence-corrected chi connectivity index (χ2v) is 5.75. The van der Waals surface area contributed by atoms with Gasteiger partial charge in [-0.15, -0.1) is 0 Å². The molecule has 25 heavy (non-hydrogen) atoms. The molecule has 0 spiro atoms. The molecular formula is C20H22F2N2O. The summed E-state index contributed by atoms with van der Waals surface area (Å²) in [5, 5.41) is 0. The molecule has 0 aromatic heterocycles. The van der Waals surface area contributed by atoms with E-state index in [1.807, 2.05) is 30.3 Å². The Morgan fingerprint density at radius 2 is 1.76 bits per heavy atom. The van der Waals surface area contributed by atoms with Crippen LogP contribution in [0.25, 0.3) is 5.57 Å². The Kier molecular flexibility index (Phi) is 6.71. The van der Waals surface area contributed by atoms with E-state index in [2.05, 4.69) is 0 Å². The molecule has 0 bridgehead atoms. The number of ether oxygens (including phenoxy) is 1. The Bertz CT molecular complexity index is 735. The Morgan fingerprint density at radius 1 is 1.12 bits per heavy atom. The van der Waals surface area contributed by atoms with E-state index in [0.717, 1.165) is 23.0 Å². The van der Waals surface area contributed by atoms with Gasteiger partial charge in [0.1, 0.15) is 17.4 Å². The minimum absolute atomic E-state index is 0.291. The topological polar surface area (TPSA) is 61.3 Å². The third-order valence-electron chi connectivity index (χ3n) is 3.77. The average molecular weight is 344 g/mol. The van der Waals surface area contributed by atoms with Crippen LogP contribution < -0.4 is 16.2 Å². The molecule has 132 valence electrons. The molecule has 0 aliphatic rings. The van der Waals surface area contributed by atoms with Gasteiger partial charge in [0.25, 0.3) is 0 Å². The summed E-state index contributed by atoms with van der Waals surface area (Å²) in [6, 6.07) is 10.8. The van der Waals surface area contributed by atoms with Gasteiger partial charge >= 0.3 is 0 Å². The summed E-state index contributed by atoms with van der Waals surface area (Å²) in [6.45, 7) is 0. The molecule has 1 atom stereocenters.